The molecule has 1 fully saturated rings. The van der Waals surface area contributed by atoms with Gasteiger partial charge in [0, 0.05) is 25.7 Å². The van der Waals surface area contributed by atoms with Crippen LogP contribution in [0.15, 0.2) is 10.5 Å². The zero-order valence-corrected chi connectivity index (χ0v) is 11.1. The fraction of sp³-hybridized carbons (Fsp3) is 0.692. The predicted molar refractivity (Wildman–Crippen MR) is 68.7 cm³/mol. The lowest BCUT2D eigenvalue weighted by atomic mass is 10.2. The number of nitrogens with zero attached hydrogens (tertiary/aromatic N) is 2. The van der Waals surface area contributed by atoms with Gasteiger partial charge < -0.3 is 15.1 Å². The first-order valence-electron chi connectivity index (χ1n) is 6.31. The monoisotopic (exact) mass is 237 g/mol. The minimum Gasteiger partial charge on any atom is -0.463 e. The number of aryl methyl sites for hydroxylation is 1. The molecule has 0 aliphatic carbocycles. The molecule has 2 rings (SSSR count). The maximum atomic E-state index is 5.75. The summed E-state index contributed by atoms with van der Waals surface area (Å²) in [5.41, 5.74) is 6.79. The molecule has 2 heterocycles. The number of piperazine rings is 1. The highest BCUT2D eigenvalue weighted by Crippen LogP contribution is 2.17. The van der Waals surface area contributed by atoms with Gasteiger partial charge in [0.05, 0.1) is 13.1 Å². The van der Waals surface area contributed by atoms with E-state index in [9.17, 15) is 0 Å². The largest absolute Gasteiger partial charge is 0.463 e. The van der Waals surface area contributed by atoms with Gasteiger partial charge in [0.25, 0.3) is 0 Å². The molecule has 0 amide bonds. The second kappa shape index (κ2) is 5.21. The Labute approximate surface area is 103 Å². The third-order valence-electron chi connectivity index (χ3n) is 3.68. The number of hydrogen-bond donors (Lipinski definition) is 1. The molecule has 0 bridgehead atoms. The average molecular weight is 237 g/mol. The topological polar surface area (TPSA) is 45.6 Å². The van der Waals surface area contributed by atoms with Crippen molar-refractivity contribution in [3.8, 4) is 0 Å². The molecule has 0 spiro atoms. The van der Waals surface area contributed by atoms with Crippen LogP contribution in [0.1, 0.15) is 24.0 Å². The maximum Gasteiger partial charge on any atom is 0.120 e. The fourth-order valence-corrected chi connectivity index (χ4v) is 2.36. The van der Waals surface area contributed by atoms with Gasteiger partial charge >= 0.3 is 0 Å². The van der Waals surface area contributed by atoms with Crippen LogP contribution in [-0.2, 0) is 13.1 Å². The van der Waals surface area contributed by atoms with Gasteiger partial charge in [-0.3, -0.25) is 4.90 Å². The van der Waals surface area contributed by atoms with Crippen LogP contribution < -0.4 is 5.73 Å². The van der Waals surface area contributed by atoms with Crippen LogP contribution in [0.4, 0.5) is 0 Å². The van der Waals surface area contributed by atoms with Gasteiger partial charge in [0.15, 0.2) is 0 Å². The summed E-state index contributed by atoms with van der Waals surface area (Å²) in [5, 5.41) is 0. The first-order chi connectivity index (χ1) is 8.10. The van der Waals surface area contributed by atoms with Crippen molar-refractivity contribution in [2.24, 2.45) is 5.73 Å². The number of furan rings is 1. The summed E-state index contributed by atoms with van der Waals surface area (Å²) in [4.78, 5) is 4.85. The Balaban J connectivity index is 1.96. The molecule has 1 unspecified atom stereocenters. The molecule has 1 aromatic rings. The van der Waals surface area contributed by atoms with Gasteiger partial charge in [0.1, 0.15) is 11.5 Å². The predicted octanol–water partition coefficient (Wildman–Crippen LogP) is 1.18. The van der Waals surface area contributed by atoms with Crippen LogP contribution in [0, 0.1) is 6.92 Å². The van der Waals surface area contributed by atoms with Crippen LogP contribution in [0.5, 0.6) is 0 Å². The fourth-order valence-electron chi connectivity index (χ4n) is 2.36. The third kappa shape index (κ3) is 2.89. The Morgan fingerprint density at radius 1 is 1.47 bits per heavy atom. The minimum atomic E-state index is 0.491. The highest BCUT2D eigenvalue weighted by atomic mass is 16.3. The Bertz CT molecular complexity index is 375. The van der Waals surface area contributed by atoms with Crippen molar-refractivity contribution in [2.45, 2.75) is 33.0 Å². The molecule has 0 radical (unpaired) electrons. The van der Waals surface area contributed by atoms with Crippen molar-refractivity contribution in [1.29, 1.82) is 0 Å². The van der Waals surface area contributed by atoms with E-state index >= 15 is 0 Å². The molecule has 96 valence electrons. The van der Waals surface area contributed by atoms with E-state index in [0.717, 1.165) is 37.7 Å². The zero-order valence-electron chi connectivity index (χ0n) is 11.1. The molecule has 4 heteroatoms. The molecule has 2 N–H and O–H groups in total. The van der Waals surface area contributed by atoms with Crippen molar-refractivity contribution in [3.63, 3.8) is 0 Å². The SMILES string of the molecule is Cc1cc(CN2CCN(C)C(C)C2)oc1CN. The molecule has 17 heavy (non-hydrogen) atoms. The lowest BCUT2D eigenvalue weighted by Gasteiger charge is -2.37. The van der Waals surface area contributed by atoms with Crippen LogP contribution in [0.2, 0.25) is 0 Å². The summed E-state index contributed by atoms with van der Waals surface area (Å²) in [6.07, 6.45) is 0. The van der Waals surface area contributed by atoms with Crippen molar-refractivity contribution in [1.82, 2.24) is 9.80 Å². The van der Waals surface area contributed by atoms with Crippen LogP contribution in [-0.4, -0.2) is 42.5 Å². The van der Waals surface area contributed by atoms with Crippen molar-refractivity contribution in [2.75, 3.05) is 26.7 Å². The number of nitrogens with two attached hydrogens (primary N) is 1. The van der Waals surface area contributed by atoms with Gasteiger partial charge in [-0.05, 0) is 32.5 Å². The van der Waals surface area contributed by atoms with Gasteiger partial charge in [0.2, 0.25) is 0 Å². The van der Waals surface area contributed by atoms with Crippen molar-refractivity contribution < 1.29 is 4.42 Å². The Hall–Kier alpha value is -0.840. The summed E-state index contributed by atoms with van der Waals surface area (Å²) in [6, 6.07) is 2.74. The Morgan fingerprint density at radius 2 is 2.24 bits per heavy atom. The molecule has 1 aliphatic heterocycles. The van der Waals surface area contributed by atoms with Crippen molar-refractivity contribution >= 4 is 0 Å². The summed E-state index contributed by atoms with van der Waals surface area (Å²) in [6.45, 7) is 9.06. The van der Waals surface area contributed by atoms with Crippen molar-refractivity contribution in [3.05, 3.63) is 23.2 Å². The van der Waals surface area contributed by atoms with Crippen LogP contribution in [0.3, 0.4) is 0 Å². The van der Waals surface area contributed by atoms with Gasteiger partial charge in [-0.25, -0.2) is 0 Å². The van der Waals surface area contributed by atoms with E-state index in [2.05, 4.69) is 36.8 Å². The quantitative estimate of drug-likeness (QED) is 0.857. The van der Waals surface area contributed by atoms with Crippen LogP contribution in [0.25, 0.3) is 0 Å². The minimum absolute atomic E-state index is 0.491. The van der Waals surface area contributed by atoms with Gasteiger partial charge in [-0.1, -0.05) is 0 Å². The molecule has 1 saturated heterocycles. The molecular weight excluding hydrogens is 214 g/mol. The van der Waals surface area contributed by atoms with E-state index in [0.29, 0.717) is 12.6 Å². The number of likely N-dealkylation sites (N-methyl/N-ethyl adjacent to an activating group) is 1. The summed E-state index contributed by atoms with van der Waals surface area (Å²) < 4.78 is 5.75. The first-order valence-corrected chi connectivity index (χ1v) is 6.31. The Morgan fingerprint density at radius 3 is 2.82 bits per heavy atom. The van der Waals surface area contributed by atoms with E-state index < -0.39 is 0 Å². The number of hydrogen-bond acceptors (Lipinski definition) is 4. The Kier molecular flexibility index (Phi) is 3.86. The summed E-state index contributed by atoms with van der Waals surface area (Å²) >= 11 is 0. The van der Waals surface area contributed by atoms with E-state index in [1.807, 2.05) is 0 Å². The highest BCUT2D eigenvalue weighted by Gasteiger charge is 2.21. The smallest absolute Gasteiger partial charge is 0.120 e. The number of rotatable bonds is 3. The normalized spacial score (nSPS) is 23.2. The molecule has 0 saturated carbocycles. The first kappa shape index (κ1) is 12.6. The second-order valence-electron chi connectivity index (χ2n) is 5.09. The van der Waals surface area contributed by atoms with E-state index in [1.54, 1.807) is 0 Å². The molecule has 1 aromatic heterocycles. The highest BCUT2D eigenvalue weighted by molar-refractivity contribution is 5.19. The molecule has 4 nitrogen and oxygen atoms in total. The second-order valence-corrected chi connectivity index (χ2v) is 5.09. The lowest BCUT2D eigenvalue weighted by Crippen LogP contribution is -2.49. The molecular formula is C13H23N3O. The summed E-state index contributed by atoms with van der Waals surface area (Å²) in [7, 11) is 2.19. The van der Waals surface area contributed by atoms with E-state index in [-0.39, 0.29) is 0 Å². The molecule has 0 aromatic carbocycles. The van der Waals surface area contributed by atoms with E-state index in [1.165, 1.54) is 5.56 Å². The average Bonchev–Trinajstić information content (AvgIpc) is 2.64. The molecule has 1 aliphatic rings. The van der Waals surface area contributed by atoms with Gasteiger partial charge in [-0.2, -0.15) is 0 Å². The lowest BCUT2D eigenvalue weighted by molar-refractivity contribution is 0.0943. The summed E-state index contributed by atoms with van der Waals surface area (Å²) in [5.74, 6) is 1.96. The maximum absolute atomic E-state index is 5.75. The van der Waals surface area contributed by atoms with Gasteiger partial charge in [-0.15, -0.1) is 0 Å². The molecule has 1 atom stereocenters. The standard InChI is InChI=1S/C13H23N3O/c1-10-6-12(17-13(10)7-14)9-16-5-4-15(3)11(2)8-16/h6,11H,4-5,7-9,14H2,1-3H3. The zero-order chi connectivity index (χ0) is 12.4. The third-order valence-corrected chi connectivity index (χ3v) is 3.68. The van der Waals surface area contributed by atoms with Crippen LogP contribution >= 0.6 is 0 Å². The van der Waals surface area contributed by atoms with E-state index in [4.69, 9.17) is 10.2 Å².